The zero-order valence-electron chi connectivity index (χ0n) is 8.75. The van der Waals surface area contributed by atoms with Gasteiger partial charge < -0.3 is 10.5 Å². The number of nitrogens with two attached hydrogens (primary N) is 1. The number of hydrogen-bond donors (Lipinski definition) is 1. The summed E-state index contributed by atoms with van der Waals surface area (Å²) >= 11 is 0. The van der Waals surface area contributed by atoms with Crippen molar-refractivity contribution in [3.63, 3.8) is 0 Å². The fraction of sp³-hybridized carbons (Fsp3) is 0.455. The lowest BCUT2D eigenvalue weighted by atomic mass is 9.97. The molecule has 0 bridgehead atoms. The van der Waals surface area contributed by atoms with Gasteiger partial charge in [-0.05, 0) is 23.6 Å². The van der Waals surface area contributed by atoms with Crippen LogP contribution in [0.5, 0.6) is 5.75 Å². The molecular weight excluding hydrogens is 181 g/mol. The highest BCUT2D eigenvalue weighted by atomic mass is 19.1. The van der Waals surface area contributed by atoms with Gasteiger partial charge in [-0.15, -0.1) is 0 Å². The van der Waals surface area contributed by atoms with Crippen molar-refractivity contribution in [1.29, 1.82) is 0 Å². The van der Waals surface area contributed by atoms with E-state index in [0.717, 1.165) is 5.56 Å². The molecule has 0 saturated carbocycles. The number of rotatable bonds is 3. The van der Waals surface area contributed by atoms with E-state index in [4.69, 9.17) is 10.5 Å². The van der Waals surface area contributed by atoms with Crippen molar-refractivity contribution >= 4 is 0 Å². The fourth-order valence-electron chi connectivity index (χ4n) is 1.28. The first-order chi connectivity index (χ1) is 6.54. The predicted octanol–water partition coefficient (Wildman–Crippen LogP) is 2.49. The van der Waals surface area contributed by atoms with Crippen LogP contribution in [0.2, 0.25) is 0 Å². The quantitative estimate of drug-likeness (QED) is 0.808. The number of methoxy groups -OCH3 is 1. The molecule has 0 aromatic heterocycles. The Hall–Kier alpha value is -1.09. The van der Waals surface area contributed by atoms with E-state index >= 15 is 0 Å². The van der Waals surface area contributed by atoms with Crippen LogP contribution in [-0.4, -0.2) is 7.11 Å². The van der Waals surface area contributed by atoms with Crippen molar-refractivity contribution in [3.8, 4) is 5.75 Å². The fourth-order valence-corrected chi connectivity index (χ4v) is 1.28. The Kier molecular flexibility index (Phi) is 3.47. The molecule has 0 heterocycles. The molecule has 1 unspecified atom stereocenters. The van der Waals surface area contributed by atoms with E-state index in [1.165, 1.54) is 19.2 Å². The van der Waals surface area contributed by atoms with Crippen LogP contribution in [-0.2, 0) is 0 Å². The summed E-state index contributed by atoms with van der Waals surface area (Å²) in [7, 11) is 1.51. The lowest BCUT2D eigenvalue weighted by Crippen LogP contribution is -2.16. The second-order valence-corrected chi connectivity index (χ2v) is 3.69. The van der Waals surface area contributed by atoms with Gasteiger partial charge >= 0.3 is 0 Å². The Morgan fingerprint density at radius 1 is 1.29 bits per heavy atom. The van der Waals surface area contributed by atoms with Gasteiger partial charge in [-0.25, -0.2) is 4.39 Å². The summed E-state index contributed by atoms with van der Waals surface area (Å²) in [6.07, 6.45) is 0. The van der Waals surface area contributed by atoms with Crippen LogP contribution < -0.4 is 10.5 Å². The van der Waals surface area contributed by atoms with Gasteiger partial charge in [0.2, 0.25) is 0 Å². The molecule has 1 aromatic rings. The molecule has 2 N–H and O–H groups in total. The van der Waals surface area contributed by atoms with Gasteiger partial charge in [0.25, 0.3) is 0 Å². The van der Waals surface area contributed by atoms with Gasteiger partial charge in [-0.1, -0.05) is 13.8 Å². The van der Waals surface area contributed by atoms with Crippen LogP contribution >= 0.6 is 0 Å². The van der Waals surface area contributed by atoms with E-state index in [9.17, 15) is 4.39 Å². The molecule has 1 atom stereocenters. The van der Waals surface area contributed by atoms with Crippen molar-refractivity contribution in [2.45, 2.75) is 19.9 Å². The first-order valence-electron chi connectivity index (χ1n) is 4.64. The lowest BCUT2D eigenvalue weighted by Gasteiger charge is -2.16. The summed E-state index contributed by atoms with van der Waals surface area (Å²) in [5.41, 5.74) is 6.68. The average molecular weight is 197 g/mol. The molecule has 0 amide bonds. The average Bonchev–Trinajstić information content (AvgIpc) is 2.15. The molecule has 0 fully saturated rings. The molecule has 1 rings (SSSR count). The van der Waals surface area contributed by atoms with Crippen molar-refractivity contribution in [2.24, 2.45) is 11.7 Å². The van der Waals surface area contributed by atoms with Gasteiger partial charge in [0.15, 0.2) is 0 Å². The summed E-state index contributed by atoms with van der Waals surface area (Å²) in [5, 5.41) is 0. The Labute approximate surface area is 83.9 Å². The molecule has 0 radical (unpaired) electrons. The van der Waals surface area contributed by atoms with Crippen LogP contribution in [0.3, 0.4) is 0 Å². The van der Waals surface area contributed by atoms with E-state index in [-0.39, 0.29) is 17.8 Å². The van der Waals surface area contributed by atoms with Crippen LogP contribution in [0.15, 0.2) is 18.2 Å². The van der Waals surface area contributed by atoms with Crippen molar-refractivity contribution in [3.05, 3.63) is 29.6 Å². The molecule has 0 aliphatic carbocycles. The maximum Gasteiger partial charge on any atom is 0.127 e. The molecular formula is C11H16FNO. The second kappa shape index (κ2) is 4.42. The van der Waals surface area contributed by atoms with Crippen LogP contribution in [0, 0.1) is 11.7 Å². The zero-order valence-corrected chi connectivity index (χ0v) is 8.75. The van der Waals surface area contributed by atoms with E-state index in [2.05, 4.69) is 0 Å². The number of hydrogen-bond acceptors (Lipinski definition) is 2. The normalized spacial score (nSPS) is 13.0. The van der Waals surface area contributed by atoms with Crippen molar-refractivity contribution in [2.75, 3.05) is 7.11 Å². The van der Waals surface area contributed by atoms with Crippen molar-refractivity contribution < 1.29 is 9.13 Å². The van der Waals surface area contributed by atoms with Gasteiger partial charge in [-0.2, -0.15) is 0 Å². The lowest BCUT2D eigenvalue weighted by molar-refractivity contribution is 0.408. The number of benzene rings is 1. The standard InChI is InChI=1S/C11H16FNO/c1-7(2)11(13)8-4-9(12)6-10(5-8)14-3/h4-7,11H,13H2,1-3H3. The minimum absolute atomic E-state index is 0.153. The maximum atomic E-state index is 13.1. The predicted molar refractivity (Wildman–Crippen MR) is 54.7 cm³/mol. The van der Waals surface area contributed by atoms with Crippen molar-refractivity contribution in [1.82, 2.24) is 0 Å². The van der Waals surface area contributed by atoms with Crippen LogP contribution in [0.25, 0.3) is 0 Å². The Bertz CT molecular complexity index is 312. The molecule has 0 aliphatic rings. The highest BCUT2D eigenvalue weighted by molar-refractivity contribution is 5.31. The Morgan fingerprint density at radius 2 is 1.93 bits per heavy atom. The first-order valence-corrected chi connectivity index (χ1v) is 4.64. The molecule has 1 aromatic carbocycles. The van der Waals surface area contributed by atoms with Gasteiger partial charge in [-0.3, -0.25) is 0 Å². The molecule has 14 heavy (non-hydrogen) atoms. The van der Waals surface area contributed by atoms with E-state index in [1.807, 2.05) is 13.8 Å². The van der Waals surface area contributed by atoms with Gasteiger partial charge in [0.05, 0.1) is 7.11 Å². The van der Waals surface area contributed by atoms with E-state index < -0.39 is 0 Å². The van der Waals surface area contributed by atoms with E-state index in [0.29, 0.717) is 5.75 Å². The molecule has 0 saturated heterocycles. The third-order valence-corrected chi connectivity index (χ3v) is 2.23. The van der Waals surface area contributed by atoms with Crippen LogP contribution in [0.4, 0.5) is 4.39 Å². The second-order valence-electron chi connectivity index (χ2n) is 3.69. The Balaban J connectivity index is 3.02. The monoisotopic (exact) mass is 197 g/mol. The summed E-state index contributed by atoms with van der Waals surface area (Å²) in [4.78, 5) is 0. The molecule has 2 nitrogen and oxygen atoms in total. The van der Waals surface area contributed by atoms with E-state index in [1.54, 1.807) is 6.07 Å². The summed E-state index contributed by atoms with van der Waals surface area (Å²) in [6, 6.07) is 4.41. The topological polar surface area (TPSA) is 35.2 Å². The number of halogens is 1. The minimum atomic E-state index is -0.310. The smallest absolute Gasteiger partial charge is 0.127 e. The highest BCUT2D eigenvalue weighted by Crippen LogP contribution is 2.24. The third kappa shape index (κ3) is 2.45. The summed E-state index contributed by atoms with van der Waals surface area (Å²) in [6.45, 7) is 4.00. The highest BCUT2D eigenvalue weighted by Gasteiger charge is 2.12. The first kappa shape index (κ1) is 11.0. The minimum Gasteiger partial charge on any atom is -0.497 e. The Morgan fingerprint density at radius 3 is 2.43 bits per heavy atom. The maximum absolute atomic E-state index is 13.1. The molecule has 78 valence electrons. The third-order valence-electron chi connectivity index (χ3n) is 2.23. The summed E-state index contributed by atoms with van der Waals surface area (Å²) < 4.78 is 18.1. The largest absolute Gasteiger partial charge is 0.497 e. The summed E-state index contributed by atoms with van der Waals surface area (Å²) in [5.74, 6) is 0.480. The SMILES string of the molecule is COc1cc(F)cc(C(N)C(C)C)c1. The van der Waals surface area contributed by atoms with Gasteiger partial charge in [0.1, 0.15) is 11.6 Å². The molecule has 3 heteroatoms. The molecule has 0 aliphatic heterocycles. The van der Waals surface area contributed by atoms with Gasteiger partial charge in [0, 0.05) is 12.1 Å². The number of ether oxygens (including phenoxy) is 1. The van der Waals surface area contributed by atoms with Crippen LogP contribution in [0.1, 0.15) is 25.5 Å². The zero-order chi connectivity index (χ0) is 10.7. The molecule has 0 spiro atoms.